The summed E-state index contributed by atoms with van der Waals surface area (Å²) >= 11 is 0. The molecule has 174 valence electrons. The third kappa shape index (κ3) is 4.22. The number of likely N-dealkylation sites (tertiary alicyclic amines) is 1. The monoisotopic (exact) mass is 469 g/mol. The number of aromatic nitrogens is 3. The van der Waals surface area contributed by atoms with E-state index in [-0.39, 0.29) is 18.8 Å². The summed E-state index contributed by atoms with van der Waals surface area (Å²) in [4.78, 5) is 37.9. The lowest BCUT2D eigenvalue weighted by Crippen LogP contribution is -2.45. The van der Waals surface area contributed by atoms with Crippen molar-refractivity contribution in [2.75, 3.05) is 19.3 Å². The number of esters is 1. The first-order valence-electron chi connectivity index (χ1n) is 10.1. The molecule has 0 spiro atoms. The highest BCUT2D eigenvalue weighted by molar-refractivity contribution is 5.94. The van der Waals surface area contributed by atoms with Crippen LogP contribution in [0.2, 0.25) is 0 Å². The Bertz CT molecular complexity index is 1380. The highest BCUT2D eigenvalue weighted by Crippen LogP contribution is 2.30. The number of benzene rings is 1. The van der Waals surface area contributed by atoms with Gasteiger partial charge in [-0.3, -0.25) is 4.79 Å². The van der Waals surface area contributed by atoms with E-state index in [9.17, 15) is 22.8 Å². The smallest absolute Gasteiger partial charge is 0.429 e. The molecule has 0 aliphatic carbocycles. The Morgan fingerprint density at radius 3 is 2.68 bits per heavy atom. The number of carbonyl (C=O) groups is 2. The van der Waals surface area contributed by atoms with Crippen LogP contribution >= 0.6 is 0 Å². The first kappa shape index (κ1) is 23.0. The third-order valence-corrected chi connectivity index (χ3v) is 5.37. The van der Waals surface area contributed by atoms with Gasteiger partial charge in [-0.05, 0) is 36.6 Å². The van der Waals surface area contributed by atoms with Gasteiger partial charge in [-0.1, -0.05) is 18.1 Å². The van der Waals surface area contributed by atoms with Crippen LogP contribution in [0.25, 0.3) is 22.3 Å². The van der Waals surface area contributed by atoms with Crippen molar-refractivity contribution in [3.8, 4) is 23.1 Å². The van der Waals surface area contributed by atoms with Gasteiger partial charge < -0.3 is 15.4 Å². The molecular formula is C23H18F3N5O3. The van der Waals surface area contributed by atoms with Crippen LogP contribution in [-0.2, 0) is 14.3 Å². The molecule has 0 bridgehead atoms. The maximum absolute atomic E-state index is 12.8. The van der Waals surface area contributed by atoms with Crippen molar-refractivity contribution in [3.05, 3.63) is 47.8 Å². The summed E-state index contributed by atoms with van der Waals surface area (Å²) in [5, 5.41) is 0. The summed E-state index contributed by atoms with van der Waals surface area (Å²) in [6, 6.07) is 8.53. The Morgan fingerprint density at radius 1 is 1.24 bits per heavy atom. The molecule has 1 fully saturated rings. The number of nitrogen functional groups attached to an aromatic ring is 1. The Labute approximate surface area is 192 Å². The fourth-order valence-electron chi connectivity index (χ4n) is 3.59. The van der Waals surface area contributed by atoms with E-state index in [4.69, 9.17) is 5.73 Å². The molecule has 8 nitrogen and oxygen atoms in total. The van der Waals surface area contributed by atoms with Crippen molar-refractivity contribution < 1.29 is 27.5 Å². The molecule has 0 radical (unpaired) electrons. The molecule has 1 saturated heterocycles. The van der Waals surface area contributed by atoms with Crippen molar-refractivity contribution >= 4 is 28.7 Å². The van der Waals surface area contributed by atoms with Gasteiger partial charge in [-0.25, -0.2) is 19.7 Å². The van der Waals surface area contributed by atoms with Gasteiger partial charge in [0.1, 0.15) is 11.8 Å². The second-order valence-corrected chi connectivity index (χ2v) is 7.80. The fourth-order valence-corrected chi connectivity index (χ4v) is 3.59. The van der Waals surface area contributed by atoms with Crippen LogP contribution in [-0.4, -0.2) is 57.1 Å². The standard InChI is InChI=1S/C23H18F3N5O3/c1-13-10-16(30-18-17(13)28-12-29-19(18)27)15-5-3-4-14(11-15)6-7-22(8-9-31(2)20(22)32)34-21(33)23(24,25)26/h3-5,10-12H,8-9H2,1-2H3,(H2,27,28,29)/t22-/m0/s1. The number of amides is 1. The Hall–Kier alpha value is -4.20. The maximum atomic E-state index is 12.8. The lowest BCUT2D eigenvalue weighted by Gasteiger charge is -2.22. The van der Waals surface area contributed by atoms with Gasteiger partial charge in [0, 0.05) is 31.1 Å². The number of nitrogens with zero attached hydrogens (tertiary/aromatic N) is 4. The normalized spacial score (nSPS) is 18.0. The average molecular weight is 469 g/mol. The molecule has 1 amide bonds. The SMILES string of the molecule is Cc1cc(-c2cccc(C#C[C@]3(OC(=O)C(F)(F)F)CCN(C)C3=O)c2)nc2c(N)ncnc12. The number of hydrogen-bond acceptors (Lipinski definition) is 7. The predicted molar refractivity (Wildman–Crippen MR) is 116 cm³/mol. The van der Waals surface area contributed by atoms with Gasteiger partial charge in [0.2, 0.25) is 0 Å². The van der Waals surface area contributed by atoms with E-state index in [2.05, 4.69) is 31.5 Å². The quantitative estimate of drug-likeness (QED) is 0.454. The number of pyridine rings is 1. The van der Waals surface area contributed by atoms with E-state index in [1.807, 2.05) is 13.0 Å². The summed E-state index contributed by atoms with van der Waals surface area (Å²) in [6.07, 6.45) is -4.08. The molecule has 1 atom stereocenters. The number of ether oxygens (including phenoxy) is 1. The average Bonchev–Trinajstić information content (AvgIpc) is 3.07. The molecule has 3 heterocycles. The second-order valence-electron chi connectivity index (χ2n) is 7.80. The van der Waals surface area contributed by atoms with Crippen LogP contribution in [0, 0.1) is 18.8 Å². The molecule has 0 saturated carbocycles. The minimum Gasteiger partial charge on any atom is -0.429 e. The fraction of sp³-hybridized carbons (Fsp3) is 0.261. The van der Waals surface area contributed by atoms with Crippen molar-refractivity contribution in [2.24, 2.45) is 0 Å². The van der Waals surface area contributed by atoms with Gasteiger partial charge in [0.15, 0.2) is 5.82 Å². The van der Waals surface area contributed by atoms with Gasteiger partial charge in [0.05, 0.1) is 11.2 Å². The largest absolute Gasteiger partial charge is 0.490 e. The molecule has 3 aromatic rings. The van der Waals surface area contributed by atoms with Crippen LogP contribution < -0.4 is 5.73 Å². The number of hydrogen-bond donors (Lipinski definition) is 1. The van der Waals surface area contributed by atoms with E-state index in [0.29, 0.717) is 27.9 Å². The topological polar surface area (TPSA) is 111 Å². The Morgan fingerprint density at radius 2 is 2.00 bits per heavy atom. The van der Waals surface area contributed by atoms with Crippen LogP contribution in [0.5, 0.6) is 0 Å². The molecule has 2 N–H and O–H groups in total. The van der Waals surface area contributed by atoms with Gasteiger partial charge in [0.25, 0.3) is 11.5 Å². The van der Waals surface area contributed by atoms with E-state index < -0.39 is 23.7 Å². The van der Waals surface area contributed by atoms with E-state index in [1.54, 1.807) is 24.3 Å². The zero-order valence-corrected chi connectivity index (χ0v) is 18.1. The minimum absolute atomic E-state index is 0.0997. The molecule has 0 unspecified atom stereocenters. The predicted octanol–water partition coefficient (Wildman–Crippen LogP) is 2.64. The molecule has 1 aliphatic rings. The van der Waals surface area contributed by atoms with Gasteiger partial charge in [-0.2, -0.15) is 13.2 Å². The van der Waals surface area contributed by atoms with Crippen LogP contribution in [0.15, 0.2) is 36.7 Å². The van der Waals surface area contributed by atoms with Crippen LogP contribution in [0.1, 0.15) is 17.5 Å². The molecule has 34 heavy (non-hydrogen) atoms. The minimum atomic E-state index is -5.25. The molecule has 11 heteroatoms. The second kappa shape index (κ2) is 8.30. The molecule has 2 aromatic heterocycles. The zero-order valence-electron chi connectivity index (χ0n) is 18.1. The molecule has 1 aliphatic heterocycles. The number of carbonyl (C=O) groups excluding carboxylic acids is 2. The van der Waals surface area contributed by atoms with Crippen LogP contribution in [0.3, 0.4) is 0 Å². The number of nitrogens with two attached hydrogens (primary N) is 1. The van der Waals surface area contributed by atoms with Crippen molar-refractivity contribution in [1.29, 1.82) is 0 Å². The summed E-state index contributed by atoms with van der Waals surface area (Å²) in [5.74, 6) is 2.12. The van der Waals surface area contributed by atoms with Crippen molar-refractivity contribution in [1.82, 2.24) is 19.9 Å². The van der Waals surface area contributed by atoms with Gasteiger partial charge in [-0.15, -0.1) is 0 Å². The molecule has 4 rings (SSSR count). The maximum Gasteiger partial charge on any atom is 0.490 e. The lowest BCUT2D eigenvalue weighted by molar-refractivity contribution is -0.209. The molecular weight excluding hydrogens is 451 g/mol. The van der Waals surface area contributed by atoms with Crippen LogP contribution in [0.4, 0.5) is 19.0 Å². The highest BCUT2D eigenvalue weighted by Gasteiger charge is 2.53. The summed E-state index contributed by atoms with van der Waals surface area (Å²) in [7, 11) is 1.40. The van der Waals surface area contributed by atoms with Crippen molar-refractivity contribution in [3.63, 3.8) is 0 Å². The van der Waals surface area contributed by atoms with E-state index >= 15 is 0 Å². The van der Waals surface area contributed by atoms with E-state index in [1.165, 1.54) is 18.3 Å². The third-order valence-electron chi connectivity index (χ3n) is 5.37. The first-order chi connectivity index (χ1) is 16.0. The number of rotatable bonds is 2. The Balaban J connectivity index is 1.72. The number of fused-ring (bicyclic) bond motifs is 1. The number of anilines is 1. The lowest BCUT2D eigenvalue weighted by atomic mass is 10.0. The van der Waals surface area contributed by atoms with Gasteiger partial charge >= 0.3 is 12.1 Å². The Kier molecular flexibility index (Phi) is 5.61. The van der Waals surface area contributed by atoms with E-state index in [0.717, 1.165) is 5.56 Å². The zero-order chi connectivity index (χ0) is 24.7. The number of aryl methyl sites for hydroxylation is 1. The first-order valence-corrected chi connectivity index (χ1v) is 10.1. The number of alkyl halides is 3. The number of halogens is 3. The van der Waals surface area contributed by atoms with Crippen molar-refractivity contribution in [2.45, 2.75) is 25.1 Å². The summed E-state index contributed by atoms with van der Waals surface area (Å²) in [6.45, 7) is 1.95. The summed E-state index contributed by atoms with van der Waals surface area (Å²) in [5.41, 5.74) is 7.20. The highest BCUT2D eigenvalue weighted by atomic mass is 19.4. The number of likely N-dealkylation sites (N-methyl/N-ethyl adjacent to an activating group) is 1. The molecule has 1 aromatic carbocycles. The summed E-state index contributed by atoms with van der Waals surface area (Å²) < 4.78 is 43.0.